The van der Waals surface area contributed by atoms with Crippen LogP contribution in [0.2, 0.25) is 0 Å². The second-order valence-corrected chi connectivity index (χ2v) is 7.56. The second kappa shape index (κ2) is 7.27. The Bertz CT molecular complexity index is 772. The monoisotopic (exact) mass is 367 g/mol. The molecule has 0 saturated carbocycles. The molecule has 0 radical (unpaired) electrons. The van der Waals surface area contributed by atoms with Gasteiger partial charge in [0, 0.05) is 23.9 Å². The topological polar surface area (TPSA) is 53.4 Å². The van der Waals surface area contributed by atoms with Gasteiger partial charge in [0.05, 0.1) is 0 Å². The number of hydrogen-bond donors (Lipinski definition) is 2. The molecule has 3 nitrogen and oxygen atoms in total. The maximum absolute atomic E-state index is 13.8. The van der Waals surface area contributed by atoms with Crippen molar-refractivity contribution in [3.63, 3.8) is 0 Å². The van der Waals surface area contributed by atoms with Crippen molar-refractivity contribution in [3.05, 3.63) is 58.7 Å². The van der Waals surface area contributed by atoms with E-state index < -0.39 is 23.3 Å². The fourth-order valence-corrected chi connectivity index (χ4v) is 3.53. The summed E-state index contributed by atoms with van der Waals surface area (Å²) in [4.78, 5) is 4.21. The zero-order valence-corrected chi connectivity index (χ0v) is 15.4. The minimum atomic E-state index is -2.99. The molecule has 0 fully saturated rings. The van der Waals surface area contributed by atoms with Gasteiger partial charge in [-0.2, -0.15) is 0 Å². The minimum absolute atomic E-state index is 0.250. The van der Waals surface area contributed by atoms with E-state index in [9.17, 15) is 23.4 Å². The van der Waals surface area contributed by atoms with Gasteiger partial charge in [0.25, 0.3) is 6.43 Å². The van der Waals surface area contributed by atoms with Gasteiger partial charge in [0.1, 0.15) is 17.2 Å². The molecule has 1 unspecified atom stereocenters. The number of aromatic hydroxyl groups is 1. The second-order valence-electron chi connectivity index (χ2n) is 7.56. The van der Waals surface area contributed by atoms with E-state index in [0.29, 0.717) is 22.5 Å². The average Bonchev–Trinajstić information content (AvgIpc) is 2.44. The van der Waals surface area contributed by atoms with Gasteiger partial charge < -0.3 is 10.2 Å². The molecule has 1 atom stereocenters. The lowest BCUT2D eigenvalue weighted by atomic mass is 9.73. The quantitative estimate of drug-likeness (QED) is 0.793. The molecule has 6 heteroatoms. The van der Waals surface area contributed by atoms with Crippen molar-refractivity contribution >= 4 is 0 Å². The van der Waals surface area contributed by atoms with E-state index in [1.165, 1.54) is 6.07 Å². The molecule has 2 aromatic rings. The number of alkyl halides is 2. The Balaban J connectivity index is 2.36. The third kappa shape index (κ3) is 4.55. The van der Waals surface area contributed by atoms with Crippen molar-refractivity contribution in [2.45, 2.75) is 58.0 Å². The van der Waals surface area contributed by atoms with Gasteiger partial charge in [-0.3, -0.25) is 4.98 Å². The highest BCUT2D eigenvalue weighted by Gasteiger charge is 2.43. The zero-order chi connectivity index (χ0) is 19.7. The van der Waals surface area contributed by atoms with E-state index in [2.05, 4.69) is 4.98 Å². The van der Waals surface area contributed by atoms with Crippen LogP contribution in [0.15, 0.2) is 30.3 Å². The summed E-state index contributed by atoms with van der Waals surface area (Å²) in [7, 11) is 0. The summed E-state index contributed by atoms with van der Waals surface area (Å²) in [6, 6.07) is 6.80. The van der Waals surface area contributed by atoms with Gasteiger partial charge in [-0.15, -0.1) is 0 Å². The molecule has 0 aliphatic heterocycles. The standard InChI is InChI=1S/C20H24F3NO2/c1-12-7-14(8-13(2)24-12)10-20(26,18(22)23)11-19(3,4)16-6-5-15(21)9-17(16)25/h5-9,18,25-26H,10-11H2,1-4H3. The van der Waals surface area contributed by atoms with Gasteiger partial charge in [-0.25, -0.2) is 13.2 Å². The molecule has 142 valence electrons. The number of phenolic OH excluding ortho intramolecular Hbond substituents is 1. The zero-order valence-electron chi connectivity index (χ0n) is 15.4. The van der Waals surface area contributed by atoms with Crippen molar-refractivity contribution in [3.8, 4) is 5.75 Å². The molecule has 0 bridgehead atoms. The van der Waals surface area contributed by atoms with Crippen LogP contribution < -0.4 is 0 Å². The number of phenols is 1. The molecule has 0 amide bonds. The largest absolute Gasteiger partial charge is 0.508 e. The van der Waals surface area contributed by atoms with Crippen LogP contribution >= 0.6 is 0 Å². The van der Waals surface area contributed by atoms with Crippen LogP contribution in [0.3, 0.4) is 0 Å². The Labute approximate surface area is 151 Å². The number of aliphatic hydroxyl groups is 1. The predicted molar refractivity (Wildman–Crippen MR) is 94.1 cm³/mol. The highest BCUT2D eigenvalue weighted by atomic mass is 19.3. The lowest BCUT2D eigenvalue weighted by Gasteiger charge is -2.36. The third-order valence-electron chi connectivity index (χ3n) is 4.49. The first-order chi connectivity index (χ1) is 11.9. The summed E-state index contributed by atoms with van der Waals surface area (Å²) in [5.41, 5.74) is -1.05. The third-order valence-corrected chi connectivity index (χ3v) is 4.49. The molecule has 0 aliphatic rings. The summed E-state index contributed by atoms with van der Waals surface area (Å²) < 4.78 is 40.8. The van der Waals surface area contributed by atoms with Crippen LogP contribution in [0.25, 0.3) is 0 Å². The minimum Gasteiger partial charge on any atom is -0.508 e. The Morgan fingerprint density at radius 2 is 1.65 bits per heavy atom. The normalized spacial score (nSPS) is 14.5. The molecule has 2 rings (SSSR count). The molecule has 0 saturated heterocycles. The van der Waals surface area contributed by atoms with Crippen LogP contribution in [0.1, 0.15) is 42.8 Å². The number of nitrogens with zero attached hydrogens (tertiary/aromatic N) is 1. The van der Waals surface area contributed by atoms with E-state index in [-0.39, 0.29) is 18.6 Å². The molecule has 1 aromatic heterocycles. The smallest absolute Gasteiger partial charge is 0.267 e. The highest BCUT2D eigenvalue weighted by molar-refractivity contribution is 5.38. The summed E-state index contributed by atoms with van der Waals surface area (Å²) in [5, 5.41) is 20.7. The maximum Gasteiger partial charge on any atom is 0.267 e. The number of aryl methyl sites for hydroxylation is 2. The number of halogens is 3. The summed E-state index contributed by atoms with van der Waals surface area (Å²) in [5.74, 6) is -0.934. The predicted octanol–water partition coefficient (Wildman–Crippen LogP) is 4.45. The number of rotatable bonds is 6. The van der Waals surface area contributed by atoms with E-state index in [1.807, 2.05) is 0 Å². The molecule has 2 N–H and O–H groups in total. The van der Waals surface area contributed by atoms with E-state index in [1.54, 1.807) is 39.8 Å². The Kier molecular flexibility index (Phi) is 5.66. The number of aromatic nitrogens is 1. The van der Waals surface area contributed by atoms with E-state index in [4.69, 9.17) is 0 Å². The van der Waals surface area contributed by atoms with Gasteiger partial charge in [-0.05, 0) is 55.0 Å². The van der Waals surface area contributed by atoms with Crippen molar-refractivity contribution in [2.75, 3.05) is 0 Å². The number of pyridine rings is 1. The first-order valence-electron chi connectivity index (χ1n) is 8.37. The molecular weight excluding hydrogens is 343 g/mol. The number of benzene rings is 1. The van der Waals surface area contributed by atoms with Gasteiger partial charge in [-0.1, -0.05) is 19.9 Å². The van der Waals surface area contributed by atoms with E-state index >= 15 is 0 Å². The molecular formula is C20H24F3NO2. The lowest BCUT2D eigenvalue weighted by Crippen LogP contribution is -2.45. The van der Waals surface area contributed by atoms with Crippen LogP contribution in [-0.2, 0) is 11.8 Å². The summed E-state index contributed by atoms with van der Waals surface area (Å²) >= 11 is 0. The van der Waals surface area contributed by atoms with Gasteiger partial charge in [0.2, 0.25) is 0 Å². The SMILES string of the molecule is Cc1cc(CC(O)(CC(C)(C)c2ccc(F)cc2O)C(F)F)cc(C)n1. The molecule has 0 spiro atoms. The number of hydrogen-bond acceptors (Lipinski definition) is 3. The van der Waals surface area contributed by atoms with Crippen LogP contribution in [0.4, 0.5) is 13.2 Å². The van der Waals surface area contributed by atoms with Crippen molar-refractivity contribution in [1.29, 1.82) is 0 Å². The summed E-state index contributed by atoms with van der Waals surface area (Å²) in [6.45, 7) is 6.80. The lowest BCUT2D eigenvalue weighted by molar-refractivity contribution is -0.110. The molecule has 1 aromatic carbocycles. The van der Waals surface area contributed by atoms with Crippen LogP contribution in [-0.4, -0.2) is 27.2 Å². The van der Waals surface area contributed by atoms with Crippen LogP contribution in [0, 0.1) is 19.7 Å². The first-order valence-corrected chi connectivity index (χ1v) is 8.37. The fraction of sp³-hybridized carbons (Fsp3) is 0.450. The van der Waals surface area contributed by atoms with Crippen molar-refractivity contribution in [1.82, 2.24) is 4.98 Å². The van der Waals surface area contributed by atoms with Crippen LogP contribution in [0.5, 0.6) is 5.75 Å². The highest BCUT2D eigenvalue weighted by Crippen LogP contribution is 2.40. The van der Waals surface area contributed by atoms with Crippen molar-refractivity contribution < 1.29 is 23.4 Å². The molecule has 1 heterocycles. The fourth-order valence-electron chi connectivity index (χ4n) is 3.53. The van der Waals surface area contributed by atoms with Crippen molar-refractivity contribution in [2.24, 2.45) is 0 Å². The Morgan fingerprint density at radius 1 is 1.08 bits per heavy atom. The summed E-state index contributed by atoms with van der Waals surface area (Å²) in [6.07, 6.45) is -3.55. The van der Waals surface area contributed by atoms with E-state index in [0.717, 1.165) is 12.1 Å². The Hall–Kier alpha value is -2.08. The first kappa shape index (κ1) is 20.2. The molecule has 0 aliphatic carbocycles. The maximum atomic E-state index is 13.8. The molecule has 26 heavy (non-hydrogen) atoms. The average molecular weight is 367 g/mol. The Morgan fingerprint density at radius 3 is 2.15 bits per heavy atom. The van der Waals surface area contributed by atoms with Gasteiger partial charge in [0.15, 0.2) is 0 Å². The van der Waals surface area contributed by atoms with Gasteiger partial charge >= 0.3 is 0 Å².